The lowest BCUT2D eigenvalue weighted by molar-refractivity contribution is -0.145. The van der Waals surface area contributed by atoms with Gasteiger partial charge >= 0.3 is 0 Å². The number of hydrogen-bond donors (Lipinski definition) is 1. The summed E-state index contributed by atoms with van der Waals surface area (Å²) in [6, 6.07) is 0. The van der Waals surface area contributed by atoms with Gasteiger partial charge in [-0.2, -0.15) is 0 Å². The van der Waals surface area contributed by atoms with Gasteiger partial charge in [0.25, 0.3) is 0 Å². The highest BCUT2D eigenvalue weighted by Gasteiger charge is 2.36. The zero-order valence-corrected chi connectivity index (χ0v) is 13.1. The summed E-state index contributed by atoms with van der Waals surface area (Å²) < 4.78 is 5.60. The number of nitrogens with zero attached hydrogens (tertiary/aromatic N) is 1. The van der Waals surface area contributed by atoms with Crippen LogP contribution in [-0.2, 0) is 9.53 Å². The van der Waals surface area contributed by atoms with Crippen LogP contribution in [0.3, 0.4) is 0 Å². The first-order valence-corrected chi connectivity index (χ1v) is 8.12. The van der Waals surface area contributed by atoms with Crippen molar-refractivity contribution < 1.29 is 9.53 Å². The lowest BCUT2D eigenvalue weighted by atomic mass is 9.79. The Labute approximate surface area is 123 Å². The van der Waals surface area contributed by atoms with E-state index in [0.717, 1.165) is 51.7 Å². The van der Waals surface area contributed by atoms with Gasteiger partial charge in [-0.3, -0.25) is 4.79 Å². The van der Waals surface area contributed by atoms with Crippen LogP contribution in [0, 0.1) is 11.8 Å². The summed E-state index contributed by atoms with van der Waals surface area (Å²) in [7, 11) is 1.76. The molecule has 2 fully saturated rings. The van der Waals surface area contributed by atoms with Crippen molar-refractivity contribution in [3.05, 3.63) is 0 Å². The fraction of sp³-hybridized carbons (Fsp3) is 0.938. The minimum atomic E-state index is -0.154. The average molecular weight is 282 g/mol. The van der Waals surface area contributed by atoms with Crippen molar-refractivity contribution in [2.75, 3.05) is 26.7 Å². The molecule has 2 aliphatic rings. The molecule has 1 amide bonds. The molecule has 0 aromatic rings. The topological polar surface area (TPSA) is 55.6 Å². The predicted molar refractivity (Wildman–Crippen MR) is 80.3 cm³/mol. The molecule has 0 radical (unpaired) electrons. The molecule has 0 aromatic heterocycles. The number of ether oxygens (including phenoxy) is 1. The van der Waals surface area contributed by atoms with E-state index in [9.17, 15) is 4.79 Å². The van der Waals surface area contributed by atoms with E-state index in [0.29, 0.717) is 11.8 Å². The van der Waals surface area contributed by atoms with Gasteiger partial charge in [0, 0.05) is 26.1 Å². The number of methoxy groups -OCH3 is 1. The van der Waals surface area contributed by atoms with Crippen LogP contribution in [0.1, 0.15) is 51.9 Å². The molecule has 1 aliphatic heterocycles. The summed E-state index contributed by atoms with van der Waals surface area (Å²) in [4.78, 5) is 14.8. The Morgan fingerprint density at radius 3 is 2.90 bits per heavy atom. The third-order valence-electron chi connectivity index (χ3n) is 5.17. The van der Waals surface area contributed by atoms with Crippen molar-refractivity contribution in [1.82, 2.24) is 4.90 Å². The molecular formula is C16H30N2O2. The average Bonchev–Trinajstić information content (AvgIpc) is 2.47. The number of amides is 1. The van der Waals surface area contributed by atoms with Crippen LogP contribution in [0.4, 0.5) is 0 Å². The number of piperidine rings is 1. The van der Waals surface area contributed by atoms with E-state index in [4.69, 9.17) is 10.5 Å². The second kappa shape index (κ2) is 6.90. The first-order chi connectivity index (χ1) is 9.58. The number of carbonyl (C=O) groups excluding carboxylic acids is 1. The highest BCUT2D eigenvalue weighted by molar-refractivity contribution is 5.79. The third kappa shape index (κ3) is 3.73. The summed E-state index contributed by atoms with van der Waals surface area (Å²) in [5, 5.41) is 0. The van der Waals surface area contributed by atoms with Crippen LogP contribution < -0.4 is 5.73 Å². The Morgan fingerprint density at radius 1 is 1.40 bits per heavy atom. The van der Waals surface area contributed by atoms with Crippen molar-refractivity contribution in [3.63, 3.8) is 0 Å². The molecule has 3 atom stereocenters. The number of rotatable bonds is 4. The van der Waals surface area contributed by atoms with E-state index >= 15 is 0 Å². The van der Waals surface area contributed by atoms with E-state index in [2.05, 4.69) is 6.92 Å². The second-order valence-electron chi connectivity index (χ2n) is 6.82. The van der Waals surface area contributed by atoms with E-state index in [1.54, 1.807) is 7.11 Å². The van der Waals surface area contributed by atoms with Crippen LogP contribution >= 0.6 is 0 Å². The molecular weight excluding hydrogens is 252 g/mol. The normalized spacial score (nSPS) is 35.0. The molecule has 4 heteroatoms. The van der Waals surface area contributed by atoms with E-state index in [1.165, 1.54) is 12.8 Å². The molecule has 0 aromatic carbocycles. The summed E-state index contributed by atoms with van der Waals surface area (Å²) in [6.07, 6.45) is 7.69. The summed E-state index contributed by atoms with van der Waals surface area (Å²) in [6.45, 7) is 4.51. The van der Waals surface area contributed by atoms with Gasteiger partial charge in [-0.15, -0.1) is 0 Å². The molecule has 1 saturated carbocycles. The van der Waals surface area contributed by atoms with Gasteiger partial charge in [0.05, 0.1) is 5.60 Å². The van der Waals surface area contributed by atoms with Gasteiger partial charge in [-0.1, -0.05) is 12.8 Å². The maximum atomic E-state index is 12.7. The van der Waals surface area contributed by atoms with Gasteiger partial charge in [-0.25, -0.2) is 0 Å². The fourth-order valence-corrected chi connectivity index (χ4v) is 3.83. The number of carbonyl (C=O) groups is 1. The Balaban J connectivity index is 1.93. The van der Waals surface area contributed by atoms with E-state index in [-0.39, 0.29) is 11.5 Å². The van der Waals surface area contributed by atoms with Gasteiger partial charge in [0.1, 0.15) is 0 Å². The minimum Gasteiger partial charge on any atom is -0.377 e. The molecule has 1 aliphatic carbocycles. The standard InChI is InChI=1S/C16H30N2O2/c1-16(20-2)8-4-10-18(12-16)15(19)14-6-3-5-13(11-14)7-9-17/h13-14H,3-12,17H2,1-2H3. The Bertz CT molecular complexity index is 332. The molecule has 3 unspecified atom stereocenters. The molecule has 0 bridgehead atoms. The maximum absolute atomic E-state index is 12.7. The lowest BCUT2D eigenvalue weighted by Gasteiger charge is -2.41. The largest absolute Gasteiger partial charge is 0.377 e. The number of hydrogen-bond acceptors (Lipinski definition) is 3. The quantitative estimate of drug-likeness (QED) is 0.860. The number of nitrogens with two attached hydrogens (primary N) is 1. The summed E-state index contributed by atoms with van der Waals surface area (Å²) in [5.41, 5.74) is 5.51. The van der Waals surface area contributed by atoms with Crippen molar-refractivity contribution in [3.8, 4) is 0 Å². The van der Waals surface area contributed by atoms with Gasteiger partial charge in [0.2, 0.25) is 5.91 Å². The molecule has 0 spiro atoms. The van der Waals surface area contributed by atoms with E-state index in [1.807, 2.05) is 4.90 Å². The second-order valence-corrected chi connectivity index (χ2v) is 6.82. The molecule has 1 heterocycles. The highest BCUT2D eigenvalue weighted by atomic mass is 16.5. The third-order valence-corrected chi connectivity index (χ3v) is 5.17. The molecule has 116 valence electrons. The maximum Gasteiger partial charge on any atom is 0.225 e. The first kappa shape index (κ1) is 15.8. The zero-order chi connectivity index (χ0) is 14.6. The Morgan fingerprint density at radius 2 is 2.20 bits per heavy atom. The molecule has 2 rings (SSSR count). The fourth-order valence-electron chi connectivity index (χ4n) is 3.83. The SMILES string of the molecule is COC1(C)CCCN(C(=O)C2CCCC(CCN)C2)C1. The van der Waals surface area contributed by atoms with Crippen molar-refractivity contribution in [2.24, 2.45) is 17.6 Å². The number of likely N-dealkylation sites (tertiary alicyclic amines) is 1. The molecule has 2 N–H and O–H groups in total. The zero-order valence-electron chi connectivity index (χ0n) is 13.1. The van der Waals surface area contributed by atoms with Crippen LogP contribution in [0.15, 0.2) is 0 Å². The Kier molecular flexibility index (Phi) is 5.44. The summed E-state index contributed by atoms with van der Waals surface area (Å²) in [5.74, 6) is 1.23. The monoisotopic (exact) mass is 282 g/mol. The molecule has 1 saturated heterocycles. The van der Waals surface area contributed by atoms with Crippen LogP contribution in [-0.4, -0.2) is 43.2 Å². The predicted octanol–water partition coefficient (Wildman–Crippen LogP) is 2.17. The Hall–Kier alpha value is -0.610. The molecule has 4 nitrogen and oxygen atoms in total. The minimum absolute atomic E-state index is 0.154. The smallest absolute Gasteiger partial charge is 0.225 e. The van der Waals surface area contributed by atoms with Crippen molar-refractivity contribution in [1.29, 1.82) is 0 Å². The van der Waals surface area contributed by atoms with Gasteiger partial charge < -0.3 is 15.4 Å². The van der Waals surface area contributed by atoms with Gasteiger partial charge in [-0.05, 0) is 51.5 Å². The highest BCUT2D eigenvalue weighted by Crippen LogP contribution is 2.33. The van der Waals surface area contributed by atoms with Crippen molar-refractivity contribution >= 4 is 5.91 Å². The van der Waals surface area contributed by atoms with E-state index < -0.39 is 0 Å². The van der Waals surface area contributed by atoms with Crippen LogP contribution in [0.2, 0.25) is 0 Å². The summed E-state index contributed by atoms with van der Waals surface area (Å²) >= 11 is 0. The van der Waals surface area contributed by atoms with Crippen molar-refractivity contribution in [2.45, 2.75) is 57.5 Å². The van der Waals surface area contributed by atoms with Gasteiger partial charge in [0.15, 0.2) is 0 Å². The molecule has 20 heavy (non-hydrogen) atoms. The van der Waals surface area contributed by atoms with Crippen LogP contribution in [0.5, 0.6) is 0 Å². The first-order valence-electron chi connectivity index (χ1n) is 8.12. The van der Waals surface area contributed by atoms with Crippen LogP contribution in [0.25, 0.3) is 0 Å². The lowest BCUT2D eigenvalue weighted by Crippen LogP contribution is -2.51.